The molecule has 0 amide bonds. The van der Waals surface area contributed by atoms with Crippen molar-refractivity contribution < 1.29 is 0 Å². The maximum absolute atomic E-state index is 7.48. The standard InChI is InChI=1S/C33H31N11S2.C28H31N17.C7H7N9/c1-2-3-4-5-6-7-10-22-15-16-30(45-22)31-18-17-29(46-31)21-19-27(23-11-8-13-25(34-23)32-37-41-42-38-32)36-28(20-21)24-12-9-14-26(35-24)33-39-43-44-40-33;1-4-20(30-23(7-1)26-16-29-38-33-26)17-43-10-12-44(18-21-5-2-8-24(31-21)27-34-39-40-35-27)14-15-45(13-11-43)19-22-6-3-9-25(32-22)28-36-41-42-37-28;8-6(11-14-9)4-2-1-3-5(10-4)7-12-15-16-13-7/h8-9,11-20H,2-7,10H2,1H3,(H,37,38,41,42)(H,39,40,43,44);1-9H,10-19H2,(H,34,35,39,40)(H,36,37,41,42);1-3H,(H3,8,9,11)(H,12,13,15,16). The lowest BCUT2D eigenvalue weighted by molar-refractivity contribution is 0.207. The van der Waals surface area contributed by atoms with Crippen molar-refractivity contribution in [2.45, 2.75) is 71.5 Å². The summed E-state index contributed by atoms with van der Waals surface area (Å²) >= 11 is 3.68. The van der Waals surface area contributed by atoms with E-state index in [1.807, 2.05) is 96.3 Å². The molecule has 14 aromatic rings. The summed E-state index contributed by atoms with van der Waals surface area (Å²) in [5, 5.41) is 96.1. The quantitative estimate of drug-likeness (QED) is 0.00740. The third-order valence-corrected chi connectivity index (χ3v) is 19.5. The van der Waals surface area contributed by atoms with Crippen molar-refractivity contribution in [2.75, 3.05) is 45.8 Å². The molecule has 16 rings (SSSR count). The van der Waals surface area contributed by atoms with Crippen LogP contribution in [-0.2, 0) is 26.1 Å². The molecule has 0 radical (unpaired) electrons. The minimum absolute atomic E-state index is 0.132. The Bertz CT molecular complexity index is 5040. The van der Waals surface area contributed by atoms with Gasteiger partial charge in [0.2, 0.25) is 17.5 Å². The number of thiophene rings is 2. The highest BCUT2D eigenvalue weighted by atomic mass is 32.1. The third kappa shape index (κ3) is 19.1. The molecule has 107 heavy (non-hydrogen) atoms. The Morgan fingerprint density at radius 2 is 0.916 bits per heavy atom. The summed E-state index contributed by atoms with van der Waals surface area (Å²) in [6.07, 6.45) is 9.04. The Balaban J connectivity index is 0.000000149. The number of nitrogens with zero attached hydrogens (tertiary/aromatic N) is 30. The van der Waals surface area contributed by atoms with Gasteiger partial charge in [0.25, 0.3) is 0 Å². The van der Waals surface area contributed by atoms with E-state index >= 15 is 0 Å². The summed E-state index contributed by atoms with van der Waals surface area (Å²) in [4.78, 5) is 45.8. The van der Waals surface area contributed by atoms with Gasteiger partial charge >= 0.3 is 0 Å². The monoisotopic (exact) mass is 1470 g/mol. The fourth-order valence-electron chi connectivity index (χ4n) is 11.7. The molecule has 0 aromatic carbocycles. The number of pyridine rings is 7. The van der Waals surface area contributed by atoms with E-state index in [9.17, 15) is 0 Å². The van der Waals surface area contributed by atoms with E-state index in [0.717, 1.165) is 84.6 Å². The Kier molecular flexibility index (Phi) is 23.5. The maximum atomic E-state index is 7.48. The summed E-state index contributed by atoms with van der Waals surface area (Å²) in [7, 11) is 0. The molecule has 0 spiro atoms. The second-order valence-electron chi connectivity index (χ2n) is 24.4. The number of H-pyrrole nitrogens is 5. The highest BCUT2D eigenvalue weighted by Gasteiger charge is 2.22. The first kappa shape index (κ1) is 71.0. The first-order valence-electron chi connectivity index (χ1n) is 34.3. The van der Waals surface area contributed by atoms with Crippen LogP contribution in [0, 0.1) is 5.41 Å². The molecule has 16 heterocycles. The Hall–Kier alpha value is -13.0. The molecular formula is C68H69N37S2. The summed E-state index contributed by atoms with van der Waals surface area (Å²) in [6.45, 7) is 10.1. The van der Waals surface area contributed by atoms with Gasteiger partial charge < -0.3 is 5.84 Å². The van der Waals surface area contributed by atoms with Gasteiger partial charge in [-0.1, -0.05) is 80.6 Å². The Morgan fingerprint density at radius 1 is 0.458 bits per heavy atom. The first-order chi connectivity index (χ1) is 52.8. The van der Waals surface area contributed by atoms with E-state index in [2.05, 4.69) is 198 Å². The second-order valence-corrected chi connectivity index (χ2v) is 26.6. The smallest absolute Gasteiger partial charge is 0.222 e. The van der Waals surface area contributed by atoms with Gasteiger partial charge in [0.05, 0.1) is 45.6 Å². The summed E-state index contributed by atoms with van der Waals surface area (Å²) in [5.74, 6) is 7.00. The number of nitrogens with one attached hydrogen (secondary N) is 6. The van der Waals surface area contributed by atoms with E-state index in [4.69, 9.17) is 41.2 Å². The molecule has 0 aliphatic carbocycles. The van der Waals surface area contributed by atoms with Gasteiger partial charge in [-0.25, -0.2) is 40.1 Å². The van der Waals surface area contributed by atoms with Crippen LogP contribution in [0.1, 0.15) is 78.8 Å². The van der Waals surface area contributed by atoms with Gasteiger partial charge in [-0.2, -0.15) is 20.8 Å². The van der Waals surface area contributed by atoms with E-state index in [1.165, 1.54) is 53.2 Å². The van der Waals surface area contributed by atoms with Crippen LogP contribution in [0.4, 0.5) is 0 Å². The van der Waals surface area contributed by atoms with Gasteiger partial charge in [0.1, 0.15) is 46.4 Å². The molecule has 2 aliphatic rings. The Labute approximate surface area is 617 Å². The van der Waals surface area contributed by atoms with Crippen molar-refractivity contribution in [3.63, 3.8) is 0 Å². The van der Waals surface area contributed by atoms with Crippen molar-refractivity contribution in [3.8, 4) is 101 Å². The number of aromatic nitrogens is 27. The maximum Gasteiger partial charge on any atom is 0.222 e. The zero-order valence-electron chi connectivity index (χ0n) is 57.7. The number of hydrogen-bond donors (Lipinski definition) is 7. The molecule has 39 heteroatoms. The molecule has 538 valence electrons. The molecule has 8 N–H and O–H groups in total. The third-order valence-electron chi connectivity index (χ3n) is 17.0. The number of tetrazole rings is 5. The van der Waals surface area contributed by atoms with E-state index in [1.54, 1.807) is 29.5 Å². The topological polar surface area (TPSA) is 484 Å². The van der Waals surface area contributed by atoms with Crippen molar-refractivity contribution in [3.05, 3.63) is 179 Å². The normalized spacial score (nSPS) is 13.5. The predicted molar refractivity (Wildman–Crippen MR) is 395 cm³/mol. The van der Waals surface area contributed by atoms with Crippen LogP contribution in [-0.4, -0.2) is 210 Å². The molecule has 0 atom stereocenters. The van der Waals surface area contributed by atoms with Crippen molar-refractivity contribution >= 4 is 34.2 Å². The highest BCUT2D eigenvalue weighted by molar-refractivity contribution is 7.23. The zero-order chi connectivity index (χ0) is 72.8. The fourth-order valence-corrected chi connectivity index (χ4v) is 13.8. The van der Waals surface area contributed by atoms with Gasteiger partial charge in [-0.05, 0) is 169 Å². The molecule has 14 aromatic heterocycles. The largest absolute Gasteiger partial charge is 0.305 e. The van der Waals surface area contributed by atoms with Crippen LogP contribution in [0.2, 0.25) is 0 Å². The first-order valence-corrected chi connectivity index (χ1v) is 35.9. The molecule has 0 unspecified atom stereocenters. The average Bonchev–Trinajstić information content (AvgIpc) is 1.76. The van der Waals surface area contributed by atoms with E-state index in [-0.39, 0.29) is 5.84 Å². The van der Waals surface area contributed by atoms with Gasteiger partial charge in [-0.3, -0.25) is 25.1 Å². The number of unbranched alkanes of at least 4 members (excludes halogenated alkanes) is 5. The molecular weight excluding hydrogens is 1400 g/mol. The number of rotatable bonds is 24. The SMILES string of the molecule is CCCCCCCCc1ccc(-c2ccc(-c3cc(-c4cccc(-c5nnn[nH]5)n4)nc(-c4cccc(-c5nnn[nH]5)n4)c3)s2)s1.N=C(N=NN)c1cccc(-c2nn[nH]n2)n1.c1cc(CN2CCN(Cc3cccc(-c4nn[nH]n4)n3)CCN(Cc3cccc(-c4nn[nH]n4)n3)CC2)nc(C2=NN=NC2)c1. The van der Waals surface area contributed by atoms with Crippen LogP contribution in [0.3, 0.4) is 0 Å². The molecule has 2 aliphatic heterocycles. The molecule has 1 saturated heterocycles. The Morgan fingerprint density at radius 3 is 1.42 bits per heavy atom. The molecule has 0 saturated carbocycles. The number of hydrogen-bond acceptors (Lipinski definition) is 32. The van der Waals surface area contributed by atoms with E-state index in [0.29, 0.717) is 112 Å². The van der Waals surface area contributed by atoms with Crippen LogP contribution in [0.5, 0.6) is 0 Å². The lowest BCUT2D eigenvalue weighted by Gasteiger charge is -2.25. The molecule has 1 fully saturated rings. The van der Waals surface area contributed by atoms with Crippen molar-refractivity contribution in [1.29, 1.82) is 5.41 Å². The summed E-state index contributed by atoms with van der Waals surface area (Å²) < 4.78 is 0. The lowest BCUT2D eigenvalue weighted by Crippen LogP contribution is -2.35. The van der Waals surface area contributed by atoms with Crippen molar-refractivity contribution in [2.24, 2.45) is 31.6 Å². The highest BCUT2D eigenvalue weighted by Crippen LogP contribution is 2.40. The van der Waals surface area contributed by atoms with Crippen LogP contribution in [0.15, 0.2) is 171 Å². The fraction of sp³-hybridized carbons (Fsp3) is 0.265. The number of aromatic amines is 5. The second kappa shape index (κ2) is 35.5. The van der Waals surface area contributed by atoms with Crippen LogP contribution < -0.4 is 5.84 Å². The number of amidine groups is 1. The van der Waals surface area contributed by atoms with Gasteiger partial charge in [0, 0.05) is 78.4 Å². The van der Waals surface area contributed by atoms with Gasteiger partial charge in [0.15, 0.2) is 17.5 Å². The minimum atomic E-state index is -0.132. The zero-order valence-corrected chi connectivity index (χ0v) is 59.3. The van der Waals surface area contributed by atoms with Crippen LogP contribution in [0.25, 0.3) is 101 Å². The molecule has 0 bridgehead atoms. The number of nitrogens with two attached hydrogens (primary N) is 1. The molecule has 37 nitrogen and oxygen atoms in total. The number of aryl methyl sites for hydroxylation is 1. The predicted octanol–water partition coefficient (Wildman–Crippen LogP) is 9.06. The average molecular weight is 1470 g/mol. The van der Waals surface area contributed by atoms with Gasteiger partial charge in [-0.15, -0.1) is 73.7 Å². The summed E-state index contributed by atoms with van der Waals surface area (Å²) in [5.41, 5.74) is 11.8. The van der Waals surface area contributed by atoms with E-state index < -0.39 is 0 Å². The van der Waals surface area contributed by atoms with Crippen LogP contribution >= 0.6 is 22.7 Å². The summed E-state index contributed by atoms with van der Waals surface area (Å²) in [6, 6.07) is 47.5. The minimum Gasteiger partial charge on any atom is -0.305 e. The van der Waals surface area contributed by atoms with Crippen molar-refractivity contribution in [1.82, 2.24) is 153 Å². The lowest BCUT2D eigenvalue weighted by atomic mass is 10.1.